The predicted octanol–water partition coefficient (Wildman–Crippen LogP) is 6.07. The minimum Gasteiger partial charge on any atom is -0.298 e. The van der Waals surface area contributed by atoms with Crippen LogP contribution >= 0.6 is 11.3 Å². The maximum atomic E-state index is 12.5. The summed E-state index contributed by atoms with van der Waals surface area (Å²) in [5.74, 6) is 0. The van der Waals surface area contributed by atoms with E-state index in [1.165, 1.54) is 27.1 Å². The van der Waals surface area contributed by atoms with Gasteiger partial charge in [0.1, 0.15) is 0 Å². The molecule has 25 heavy (non-hydrogen) atoms. The molecule has 1 heterocycles. The number of alkyl halides is 3. The number of rotatable bonds is 5. The van der Waals surface area contributed by atoms with Crippen LogP contribution in [0.1, 0.15) is 16.0 Å². The van der Waals surface area contributed by atoms with Crippen LogP contribution in [0.4, 0.5) is 13.2 Å². The molecule has 1 aromatic heterocycles. The van der Waals surface area contributed by atoms with Crippen LogP contribution in [-0.4, -0.2) is 18.5 Å². The van der Waals surface area contributed by atoms with Gasteiger partial charge in [-0.1, -0.05) is 42.5 Å². The van der Waals surface area contributed by atoms with E-state index < -0.39 is 11.7 Å². The standard InChI is InChI=1S/C20H18F3NS/c1-24(14-18-13-16-6-2-3-7-19(16)25-18)12-4-5-15-8-10-17(11-9-15)20(21,22)23/h2-11,13H,12,14H2,1H3. The number of benzene rings is 2. The summed E-state index contributed by atoms with van der Waals surface area (Å²) in [5, 5.41) is 1.26. The highest BCUT2D eigenvalue weighted by molar-refractivity contribution is 7.19. The molecule has 0 amide bonds. The molecule has 0 aliphatic rings. The van der Waals surface area contributed by atoms with Gasteiger partial charge in [-0.2, -0.15) is 13.2 Å². The number of likely N-dealkylation sites (N-methyl/N-ethyl adjacent to an activating group) is 1. The van der Waals surface area contributed by atoms with E-state index in [-0.39, 0.29) is 0 Å². The Kier molecular flexibility index (Phi) is 5.25. The number of thiophene rings is 1. The third-order valence-electron chi connectivity index (χ3n) is 3.87. The van der Waals surface area contributed by atoms with Gasteiger partial charge in [0.05, 0.1) is 5.56 Å². The van der Waals surface area contributed by atoms with E-state index in [9.17, 15) is 13.2 Å². The van der Waals surface area contributed by atoms with Crippen molar-refractivity contribution in [3.8, 4) is 0 Å². The van der Waals surface area contributed by atoms with Gasteiger partial charge >= 0.3 is 6.18 Å². The van der Waals surface area contributed by atoms with Crippen molar-refractivity contribution < 1.29 is 13.2 Å². The number of nitrogens with zero attached hydrogens (tertiary/aromatic N) is 1. The summed E-state index contributed by atoms with van der Waals surface area (Å²) in [6, 6.07) is 15.7. The average Bonchev–Trinajstić information content (AvgIpc) is 2.96. The number of hydrogen-bond acceptors (Lipinski definition) is 2. The zero-order valence-corrected chi connectivity index (χ0v) is 14.6. The lowest BCUT2D eigenvalue weighted by atomic mass is 10.1. The zero-order chi connectivity index (χ0) is 17.9. The van der Waals surface area contributed by atoms with Gasteiger partial charge in [0, 0.05) is 22.7 Å². The molecule has 0 spiro atoms. The second-order valence-corrected chi connectivity index (χ2v) is 7.14. The maximum absolute atomic E-state index is 12.5. The summed E-state index contributed by atoms with van der Waals surface area (Å²) < 4.78 is 38.9. The van der Waals surface area contributed by atoms with Crippen LogP contribution in [0.25, 0.3) is 16.2 Å². The zero-order valence-electron chi connectivity index (χ0n) is 13.8. The number of halogens is 3. The summed E-state index contributed by atoms with van der Waals surface area (Å²) in [7, 11) is 2.03. The molecule has 130 valence electrons. The Morgan fingerprint density at radius 1 is 1.04 bits per heavy atom. The first kappa shape index (κ1) is 17.7. The van der Waals surface area contributed by atoms with Crippen LogP contribution in [0.2, 0.25) is 0 Å². The van der Waals surface area contributed by atoms with Crippen LogP contribution in [-0.2, 0) is 12.7 Å². The van der Waals surface area contributed by atoms with Gasteiger partial charge in [0.2, 0.25) is 0 Å². The Bertz CT molecular complexity index is 830. The quantitative estimate of drug-likeness (QED) is 0.533. The van der Waals surface area contributed by atoms with Crippen LogP contribution < -0.4 is 0 Å². The molecular weight excluding hydrogens is 343 g/mol. The fourth-order valence-corrected chi connectivity index (χ4v) is 3.74. The third-order valence-corrected chi connectivity index (χ3v) is 4.97. The third kappa shape index (κ3) is 4.71. The van der Waals surface area contributed by atoms with Crippen molar-refractivity contribution in [3.05, 3.63) is 76.7 Å². The first-order chi connectivity index (χ1) is 11.9. The van der Waals surface area contributed by atoms with Gasteiger partial charge in [-0.25, -0.2) is 0 Å². The molecule has 5 heteroatoms. The monoisotopic (exact) mass is 361 g/mol. The minimum absolute atomic E-state index is 0.619. The molecule has 0 unspecified atom stereocenters. The lowest BCUT2D eigenvalue weighted by Gasteiger charge is -2.12. The minimum atomic E-state index is -4.29. The van der Waals surface area contributed by atoms with Gasteiger partial charge in [-0.3, -0.25) is 4.90 Å². The Balaban J connectivity index is 1.56. The van der Waals surface area contributed by atoms with E-state index in [0.29, 0.717) is 0 Å². The first-order valence-electron chi connectivity index (χ1n) is 7.91. The van der Waals surface area contributed by atoms with Crippen LogP contribution in [0.5, 0.6) is 0 Å². The normalized spacial score (nSPS) is 12.5. The van der Waals surface area contributed by atoms with E-state index >= 15 is 0 Å². The molecule has 0 atom stereocenters. The van der Waals surface area contributed by atoms with Crippen LogP contribution in [0.3, 0.4) is 0 Å². The molecule has 2 aromatic carbocycles. The van der Waals surface area contributed by atoms with Crippen LogP contribution in [0.15, 0.2) is 60.7 Å². The molecule has 0 N–H and O–H groups in total. The molecule has 0 bridgehead atoms. The van der Waals surface area contributed by atoms with E-state index in [2.05, 4.69) is 23.1 Å². The first-order valence-corrected chi connectivity index (χ1v) is 8.73. The van der Waals surface area contributed by atoms with Gasteiger partial charge in [-0.15, -0.1) is 11.3 Å². The van der Waals surface area contributed by atoms with Gasteiger partial charge in [0.15, 0.2) is 0 Å². The largest absolute Gasteiger partial charge is 0.416 e. The smallest absolute Gasteiger partial charge is 0.298 e. The lowest BCUT2D eigenvalue weighted by Crippen LogP contribution is -2.16. The molecule has 0 saturated heterocycles. The lowest BCUT2D eigenvalue weighted by molar-refractivity contribution is -0.137. The number of hydrogen-bond donors (Lipinski definition) is 0. The molecule has 0 fully saturated rings. The molecule has 0 aliphatic carbocycles. The second kappa shape index (κ2) is 7.42. The highest BCUT2D eigenvalue weighted by Crippen LogP contribution is 2.29. The van der Waals surface area contributed by atoms with E-state index in [4.69, 9.17) is 0 Å². The summed E-state index contributed by atoms with van der Waals surface area (Å²) in [6.45, 7) is 1.58. The van der Waals surface area contributed by atoms with Gasteiger partial charge in [-0.05, 0) is 42.3 Å². The fourth-order valence-electron chi connectivity index (χ4n) is 2.60. The highest BCUT2D eigenvalue weighted by Gasteiger charge is 2.29. The molecule has 0 saturated carbocycles. The molecule has 3 rings (SSSR count). The van der Waals surface area contributed by atoms with Crippen molar-refractivity contribution in [1.82, 2.24) is 4.90 Å². The summed E-state index contributed by atoms with van der Waals surface area (Å²) in [5.41, 5.74) is 0.148. The molecule has 1 nitrogen and oxygen atoms in total. The molecule has 0 radical (unpaired) electrons. The van der Waals surface area contributed by atoms with Crippen molar-refractivity contribution in [2.45, 2.75) is 12.7 Å². The maximum Gasteiger partial charge on any atom is 0.416 e. The van der Waals surface area contributed by atoms with E-state index in [1.807, 2.05) is 31.3 Å². The van der Waals surface area contributed by atoms with Crippen molar-refractivity contribution >= 4 is 27.5 Å². The number of fused-ring (bicyclic) bond motifs is 1. The highest BCUT2D eigenvalue weighted by atomic mass is 32.1. The van der Waals surface area contributed by atoms with Gasteiger partial charge in [0.25, 0.3) is 0 Å². The van der Waals surface area contributed by atoms with E-state index in [1.54, 1.807) is 11.3 Å². The average molecular weight is 361 g/mol. The van der Waals surface area contributed by atoms with Crippen molar-refractivity contribution in [2.75, 3.05) is 13.6 Å². The van der Waals surface area contributed by atoms with Crippen molar-refractivity contribution in [3.63, 3.8) is 0 Å². The van der Waals surface area contributed by atoms with Crippen LogP contribution in [0, 0.1) is 0 Å². The fraction of sp³-hybridized carbons (Fsp3) is 0.200. The molecule has 0 aliphatic heterocycles. The Morgan fingerprint density at radius 3 is 2.44 bits per heavy atom. The topological polar surface area (TPSA) is 3.24 Å². The Labute approximate surface area is 149 Å². The summed E-state index contributed by atoms with van der Waals surface area (Å²) >= 11 is 1.79. The Morgan fingerprint density at radius 2 is 1.76 bits per heavy atom. The van der Waals surface area contributed by atoms with Crippen molar-refractivity contribution in [2.24, 2.45) is 0 Å². The SMILES string of the molecule is CN(CC=Cc1ccc(C(F)(F)F)cc1)Cc1cc2ccccc2s1. The van der Waals surface area contributed by atoms with E-state index in [0.717, 1.165) is 30.8 Å². The Hall–Kier alpha value is -2.11. The van der Waals surface area contributed by atoms with Crippen molar-refractivity contribution in [1.29, 1.82) is 0 Å². The summed E-state index contributed by atoms with van der Waals surface area (Å²) in [6.07, 6.45) is -0.468. The molecular formula is C20H18F3NS. The van der Waals surface area contributed by atoms with Gasteiger partial charge < -0.3 is 0 Å². The molecule has 3 aromatic rings. The second-order valence-electron chi connectivity index (χ2n) is 5.97. The summed E-state index contributed by atoms with van der Waals surface area (Å²) in [4.78, 5) is 3.47. The predicted molar refractivity (Wildman–Crippen MR) is 98.6 cm³/mol.